The predicted molar refractivity (Wildman–Crippen MR) is 69.6 cm³/mol. The van der Waals surface area contributed by atoms with Crippen LogP contribution in [0.1, 0.15) is 18.1 Å². The molecule has 1 aromatic rings. The lowest BCUT2D eigenvalue weighted by molar-refractivity contribution is -0.155. The third-order valence-electron chi connectivity index (χ3n) is 2.77. The molecule has 23 heavy (non-hydrogen) atoms. The summed E-state index contributed by atoms with van der Waals surface area (Å²) in [6.07, 6.45) is -5.05. The third kappa shape index (κ3) is 4.41. The molecular formula is C12H11F3N2O5S. The first-order valence-corrected chi connectivity index (χ1v) is 7.36. The van der Waals surface area contributed by atoms with Gasteiger partial charge in [0.1, 0.15) is 0 Å². The average Bonchev–Trinajstić information content (AvgIpc) is 2.43. The van der Waals surface area contributed by atoms with Gasteiger partial charge < -0.3 is 10.2 Å². The summed E-state index contributed by atoms with van der Waals surface area (Å²) in [7, 11) is -4.77. The van der Waals surface area contributed by atoms with Gasteiger partial charge in [-0.05, 0) is 25.1 Å². The maximum atomic E-state index is 13.0. The van der Waals surface area contributed by atoms with Crippen LogP contribution in [0.3, 0.4) is 0 Å². The zero-order valence-corrected chi connectivity index (χ0v) is 12.4. The molecule has 7 nitrogen and oxygen atoms in total. The summed E-state index contributed by atoms with van der Waals surface area (Å²) in [5, 5.41) is 26.7. The molecule has 0 radical (unpaired) electrons. The lowest BCUT2D eigenvalue weighted by atomic mass is 10.1. The smallest absolute Gasteiger partial charge is 0.417 e. The zero-order chi connectivity index (χ0) is 18.1. The van der Waals surface area contributed by atoms with Crippen molar-refractivity contribution in [3.63, 3.8) is 0 Å². The van der Waals surface area contributed by atoms with Crippen LogP contribution in [-0.4, -0.2) is 36.7 Å². The minimum atomic E-state index is -5.05. The number of carboxylic acid groups (broad SMARTS) is 1. The molecule has 0 bridgehead atoms. The van der Waals surface area contributed by atoms with E-state index in [2.05, 4.69) is 0 Å². The van der Waals surface area contributed by atoms with Gasteiger partial charge in [0.2, 0.25) is 10.0 Å². The number of nitrogens with one attached hydrogen (secondary N) is 1. The first-order valence-electron chi connectivity index (χ1n) is 5.88. The topological polar surface area (TPSA) is 127 Å². The molecule has 126 valence electrons. The SMILES string of the molecule is CC(O)(CNS(=O)(=O)c1ccc(C#N)cc1C(F)(F)F)C(=O)O. The van der Waals surface area contributed by atoms with Gasteiger partial charge >= 0.3 is 12.1 Å². The molecule has 1 rings (SSSR count). The molecule has 0 aromatic heterocycles. The number of halogens is 3. The summed E-state index contributed by atoms with van der Waals surface area (Å²) in [6.45, 7) is -0.261. The standard InChI is InChI=1S/C12H11F3N2O5S/c1-11(20,10(18)19)6-17-23(21,22)9-3-2-7(5-16)4-8(9)12(13,14)15/h2-4,17,20H,6H2,1H3,(H,18,19). The van der Waals surface area contributed by atoms with Crippen LogP contribution in [0.15, 0.2) is 23.1 Å². The van der Waals surface area contributed by atoms with Crippen LogP contribution in [0.25, 0.3) is 0 Å². The molecule has 0 amide bonds. The van der Waals surface area contributed by atoms with E-state index in [0.29, 0.717) is 12.1 Å². The van der Waals surface area contributed by atoms with E-state index in [4.69, 9.17) is 10.4 Å². The van der Waals surface area contributed by atoms with Gasteiger partial charge in [-0.25, -0.2) is 17.9 Å². The van der Waals surface area contributed by atoms with Gasteiger partial charge in [-0.2, -0.15) is 18.4 Å². The molecule has 1 unspecified atom stereocenters. The lowest BCUT2D eigenvalue weighted by Crippen LogP contribution is -2.46. The maximum absolute atomic E-state index is 13.0. The number of rotatable bonds is 5. The van der Waals surface area contributed by atoms with Crippen LogP contribution in [0, 0.1) is 11.3 Å². The lowest BCUT2D eigenvalue weighted by Gasteiger charge is -2.19. The molecular weight excluding hydrogens is 341 g/mol. The van der Waals surface area contributed by atoms with Crippen molar-refractivity contribution in [3.05, 3.63) is 29.3 Å². The van der Waals surface area contributed by atoms with Crippen LogP contribution in [0.4, 0.5) is 13.2 Å². The van der Waals surface area contributed by atoms with E-state index in [9.17, 15) is 31.5 Å². The van der Waals surface area contributed by atoms with Crippen molar-refractivity contribution < 1.29 is 36.6 Å². The predicted octanol–water partition coefficient (Wildman–Crippen LogP) is 0.691. The van der Waals surface area contributed by atoms with E-state index in [1.165, 1.54) is 6.07 Å². The van der Waals surface area contributed by atoms with Crippen LogP contribution in [0.2, 0.25) is 0 Å². The Hall–Kier alpha value is -2.16. The van der Waals surface area contributed by atoms with E-state index in [1.54, 1.807) is 4.72 Å². The molecule has 0 spiro atoms. The van der Waals surface area contributed by atoms with Gasteiger partial charge in [-0.1, -0.05) is 0 Å². The highest BCUT2D eigenvalue weighted by Crippen LogP contribution is 2.34. The maximum Gasteiger partial charge on any atom is 0.417 e. The van der Waals surface area contributed by atoms with Crippen molar-refractivity contribution in [2.24, 2.45) is 0 Å². The number of nitrogens with zero attached hydrogens (tertiary/aromatic N) is 1. The van der Waals surface area contributed by atoms with Crippen molar-refractivity contribution >= 4 is 16.0 Å². The minimum Gasteiger partial charge on any atom is -0.479 e. The molecule has 0 aliphatic carbocycles. The fraction of sp³-hybridized carbons (Fsp3) is 0.333. The van der Waals surface area contributed by atoms with Gasteiger partial charge in [0, 0.05) is 0 Å². The first-order chi connectivity index (χ1) is 10.3. The number of benzene rings is 1. The average molecular weight is 352 g/mol. The fourth-order valence-electron chi connectivity index (χ4n) is 1.44. The van der Waals surface area contributed by atoms with Crippen molar-refractivity contribution in [3.8, 4) is 6.07 Å². The van der Waals surface area contributed by atoms with Gasteiger partial charge in [0.15, 0.2) is 5.60 Å². The Morgan fingerprint density at radius 2 is 1.96 bits per heavy atom. The quantitative estimate of drug-likeness (QED) is 0.715. The Kier molecular flexibility index (Phi) is 5.05. The summed E-state index contributed by atoms with van der Waals surface area (Å²) in [4.78, 5) is 9.51. The normalized spacial score (nSPS) is 14.8. The van der Waals surface area contributed by atoms with E-state index < -0.39 is 50.3 Å². The molecule has 3 N–H and O–H groups in total. The number of carbonyl (C=O) groups is 1. The molecule has 11 heteroatoms. The summed E-state index contributed by atoms with van der Waals surface area (Å²) in [6, 6.07) is 3.28. The molecule has 0 saturated carbocycles. The van der Waals surface area contributed by atoms with Crippen LogP contribution in [-0.2, 0) is 21.0 Å². The first kappa shape index (κ1) is 18.9. The summed E-state index contributed by atoms with van der Waals surface area (Å²) >= 11 is 0. The highest BCUT2D eigenvalue weighted by Gasteiger charge is 2.39. The van der Waals surface area contributed by atoms with Crippen molar-refractivity contribution in [2.75, 3.05) is 6.54 Å². The van der Waals surface area contributed by atoms with Crippen molar-refractivity contribution in [1.29, 1.82) is 5.26 Å². The number of nitriles is 1. The summed E-state index contributed by atoms with van der Waals surface area (Å²) < 4.78 is 64.4. The summed E-state index contributed by atoms with van der Waals surface area (Å²) in [5.74, 6) is -1.75. The molecule has 1 aromatic carbocycles. The molecule has 0 aliphatic rings. The highest BCUT2D eigenvalue weighted by atomic mass is 32.2. The molecule has 0 saturated heterocycles. The molecule has 0 fully saturated rings. The van der Waals surface area contributed by atoms with Gasteiger partial charge in [-0.3, -0.25) is 0 Å². The Balaban J connectivity index is 3.29. The highest BCUT2D eigenvalue weighted by molar-refractivity contribution is 7.89. The number of aliphatic carboxylic acids is 1. The number of aliphatic hydroxyl groups is 1. The fourth-order valence-corrected chi connectivity index (χ4v) is 2.78. The molecule has 0 aliphatic heterocycles. The number of sulfonamides is 1. The Bertz CT molecular complexity index is 766. The number of hydrogen-bond donors (Lipinski definition) is 3. The second-order valence-corrected chi connectivity index (χ2v) is 6.46. The Labute approximate surface area is 129 Å². The van der Waals surface area contributed by atoms with E-state index in [0.717, 1.165) is 13.0 Å². The van der Waals surface area contributed by atoms with E-state index in [1.807, 2.05) is 0 Å². The molecule has 0 heterocycles. The number of carboxylic acids is 1. The third-order valence-corrected chi connectivity index (χ3v) is 4.23. The largest absolute Gasteiger partial charge is 0.479 e. The van der Waals surface area contributed by atoms with Crippen LogP contribution < -0.4 is 4.72 Å². The second-order valence-electron chi connectivity index (χ2n) is 4.72. The van der Waals surface area contributed by atoms with Crippen LogP contribution in [0.5, 0.6) is 0 Å². The zero-order valence-electron chi connectivity index (χ0n) is 11.5. The summed E-state index contributed by atoms with van der Waals surface area (Å²) in [5.41, 5.74) is -4.47. The Morgan fingerprint density at radius 3 is 2.39 bits per heavy atom. The van der Waals surface area contributed by atoms with E-state index in [-0.39, 0.29) is 0 Å². The minimum absolute atomic E-state index is 0.365. The van der Waals surface area contributed by atoms with Crippen LogP contribution >= 0.6 is 0 Å². The Morgan fingerprint density at radius 1 is 1.39 bits per heavy atom. The number of hydrogen-bond acceptors (Lipinski definition) is 5. The van der Waals surface area contributed by atoms with Gasteiger partial charge in [0.25, 0.3) is 0 Å². The van der Waals surface area contributed by atoms with Gasteiger partial charge in [0.05, 0.1) is 28.6 Å². The van der Waals surface area contributed by atoms with Crippen molar-refractivity contribution in [1.82, 2.24) is 4.72 Å². The van der Waals surface area contributed by atoms with Crippen molar-refractivity contribution in [2.45, 2.75) is 23.6 Å². The number of alkyl halides is 3. The second kappa shape index (κ2) is 6.15. The van der Waals surface area contributed by atoms with E-state index >= 15 is 0 Å². The monoisotopic (exact) mass is 352 g/mol. The van der Waals surface area contributed by atoms with Gasteiger partial charge in [-0.15, -0.1) is 0 Å². The molecule has 1 atom stereocenters.